The molecular weight excluding hydrogens is 260 g/mol. The van der Waals surface area contributed by atoms with Crippen LogP contribution < -0.4 is 5.32 Å². The van der Waals surface area contributed by atoms with Crippen LogP contribution in [0.4, 0.5) is 0 Å². The van der Waals surface area contributed by atoms with Crippen LogP contribution in [0.3, 0.4) is 0 Å². The average Bonchev–Trinajstić information content (AvgIpc) is 2.89. The minimum absolute atomic E-state index is 0.0189. The number of piperidine rings is 1. The van der Waals surface area contributed by atoms with E-state index in [1.807, 2.05) is 0 Å². The van der Waals surface area contributed by atoms with Crippen LogP contribution in [0.15, 0.2) is 0 Å². The summed E-state index contributed by atoms with van der Waals surface area (Å²) in [4.78, 5) is 2.66. The predicted molar refractivity (Wildman–Crippen MR) is 89.5 cm³/mol. The molecule has 124 valence electrons. The number of hydrogen-bond acceptors (Lipinski definition) is 3. The van der Waals surface area contributed by atoms with Crippen molar-refractivity contribution in [2.24, 2.45) is 17.8 Å². The van der Waals surface area contributed by atoms with Crippen LogP contribution in [0.2, 0.25) is 0 Å². The quantitative estimate of drug-likeness (QED) is 0.758. The number of likely N-dealkylation sites (tertiary alicyclic amines) is 1. The maximum absolute atomic E-state index is 9.87. The lowest BCUT2D eigenvalue weighted by molar-refractivity contribution is 0.102. The minimum Gasteiger partial charge on any atom is -0.394 e. The number of aliphatic hydroxyl groups excluding tert-OH is 1. The fourth-order valence-electron chi connectivity index (χ4n) is 4.60. The van der Waals surface area contributed by atoms with Crippen LogP contribution in [0, 0.1) is 17.8 Å². The molecule has 2 aliphatic rings. The first kappa shape index (κ1) is 17.2. The van der Waals surface area contributed by atoms with Crippen LogP contribution in [-0.4, -0.2) is 48.3 Å². The van der Waals surface area contributed by atoms with Crippen LogP contribution in [0.25, 0.3) is 0 Å². The Morgan fingerprint density at radius 1 is 1.24 bits per heavy atom. The molecule has 3 heteroatoms. The molecule has 0 bridgehead atoms. The van der Waals surface area contributed by atoms with Gasteiger partial charge in [0.15, 0.2) is 0 Å². The second-order valence-electron chi connectivity index (χ2n) is 7.65. The van der Waals surface area contributed by atoms with Gasteiger partial charge < -0.3 is 15.3 Å². The molecule has 1 aliphatic carbocycles. The molecule has 0 aromatic heterocycles. The van der Waals surface area contributed by atoms with E-state index in [-0.39, 0.29) is 5.54 Å². The van der Waals surface area contributed by atoms with Gasteiger partial charge in [0.2, 0.25) is 0 Å². The zero-order valence-electron chi connectivity index (χ0n) is 14.4. The summed E-state index contributed by atoms with van der Waals surface area (Å²) >= 11 is 0. The van der Waals surface area contributed by atoms with Crippen molar-refractivity contribution in [2.75, 3.05) is 32.8 Å². The Kier molecular flexibility index (Phi) is 6.51. The van der Waals surface area contributed by atoms with E-state index in [1.165, 1.54) is 51.7 Å². The molecule has 0 radical (unpaired) electrons. The molecule has 1 aliphatic heterocycles. The minimum atomic E-state index is 0.0189. The van der Waals surface area contributed by atoms with E-state index in [2.05, 4.69) is 31.0 Å². The summed E-state index contributed by atoms with van der Waals surface area (Å²) < 4.78 is 0. The number of nitrogens with one attached hydrogen (secondary N) is 1. The van der Waals surface area contributed by atoms with E-state index in [0.717, 1.165) is 24.8 Å². The standard InChI is InChI=1S/C18H36N2O/c1-4-19-18(14-21)10-5-6-17(18)9-13-20-11-7-16(8-12-20)15(2)3/h15-17,19,21H,4-14H2,1-3H3. The third-order valence-corrected chi connectivity index (χ3v) is 6.14. The molecule has 0 amide bonds. The topological polar surface area (TPSA) is 35.5 Å². The zero-order valence-corrected chi connectivity index (χ0v) is 14.4. The van der Waals surface area contributed by atoms with Gasteiger partial charge in [0, 0.05) is 5.54 Å². The number of rotatable bonds is 7. The maximum atomic E-state index is 9.87. The van der Waals surface area contributed by atoms with Gasteiger partial charge in [-0.05, 0) is 76.0 Å². The van der Waals surface area contributed by atoms with Crippen molar-refractivity contribution < 1.29 is 5.11 Å². The summed E-state index contributed by atoms with van der Waals surface area (Å²) in [6, 6.07) is 0. The van der Waals surface area contributed by atoms with E-state index >= 15 is 0 Å². The average molecular weight is 296 g/mol. The van der Waals surface area contributed by atoms with Gasteiger partial charge in [0.25, 0.3) is 0 Å². The summed E-state index contributed by atoms with van der Waals surface area (Å²) in [5.74, 6) is 2.44. The fraction of sp³-hybridized carbons (Fsp3) is 1.00. The van der Waals surface area contributed by atoms with Gasteiger partial charge in [-0.25, -0.2) is 0 Å². The van der Waals surface area contributed by atoms with Crippen LogP contribution >= 0.6 is 0 Å². The molecule has 3 nitrogen and oxygen atoms in total. The van der Waals surface area contributed by atoms with Crippen LogP contribution in [0.1, 0.15) is 59.3 Å². The van der Waals surface area contributed by atoms with Crippen molar-refractivity contribution in [3.63, 3.8) is 0 Å². The second kappa shape index (κ2) is 7.94. The van der Waals surface area contributed by atoms with Crippen LogP contribution in [0.5, 0.6) is 0 Å². The largest absolute Gasteiger partial charge is 0.394 e. The Balaban J connectivity index is 1.78. The lowest BCUT2D eigenvalue weighted by atomic mass is 9.84. The van der Waals surface area contributed by atoms with E-state index in [4.69, 9.17) is 0 Å². The van der Waals surface area contributed by atoms with Gasteiger partial charge in [-0.3, -0.25) is 0 Å². The lowest BCUT2D eigenvalue weighted by Crippen LogP contribution is -2.52. The Morgan fingerprint density at radius 2 is 1.95 bits per heavy atom. The van der Waals surface area contributed by atoms with Crippen molar-refractivity contribution in [3.8, 4) is 0 Å². The van der Waals surface area contributed by atoms with E-state index in [0.29, 0.717) is 12.5 Å². The monoisotopic (exact) mass is 296 g/mol. The van der Waals surface area contributed by atoms with E-state index in [9.17, 15) is 5.11 Å². The first-order valence-corrected chi connectivity index (χ1v) is 9.19. The fourth-order valence-corrected chi connectivity index (χ4v) is 4.60. The SMILES string of the molecule is CCNC1(CO)CCCC1CCN1CCC(C(C)C)CC1. The number of aliphatic hydroxyl groups is 1. The Hall–Kier alpha value is -0.120. The highest BCUT2D eigenvalue weighted by atomic mass is 16.3. The molecule has 0 aromatic rings. The summed E-state index contributed by atoms with van der Waals surface area (Å²) in [5, 5.41) is 13.5. The zero-order chi connectivity index (χ0) is 15.3. The van der Waals surface area contributed by atoms with Gasteiger partial charge in [-0.15, -0.1) is 0 Å². The van der Waals surface area contributed by atoms with Crippen LogP contribution in [-0.2, 0) is 0 Å². The normalized spacial score (nSPS) is 32.1. The molecule has 2 atom stereocenters. The molecule has 2 N–H and O–H groups in total. The predicted octanol–water partition coefficient (Wildman–Crippen LogP) is 2.89. The summed E-state index contributed by atoms with van der Waals surface area (Å²) in [7, 11) is 0. The maximum Gasteiger partial charge on any atom is 0.0616 e. The number of nitrogens with zero attached hydrogens (tertiary/aromatic N) is 1. The molecule has 1 saturated heterocycles. The van der Waals surface area contributed by atoms with Crippen molar-refractivity contribution in [2.45, 2.75) is 64.8 Å². The van der Waals surface area contributed by atoms with Crippen molar-refractivity contribution >= 4 is 0 Å². The summed E-state index contributed by atoms with van der Waals surface area (Å²) in [6.07, 6.45) is 7.71. The lowest BCUT2D eigenvalue weighted by Gasteiger charge is -2.38. The number of hydrogen-bond donors (Lipinski definition) is 2. The first-order chi connectivity index (χ1) is 10.1. The highest BCUT2D eigenvalue weighted by Crippen LogP contribution is 2.38. The second-order valence-corrected chi connectivity index (χ2v) is 7.65. The molecule has 1 saturated carbocycles. The number of likely N-dealkylation sites (N-methyl/N-ethyl adjacent to an activating group) is 1. The molecule has 2 unspecified atom stereocenters. The van der Waals surface area contributed by atoms with Gasteiger partial charge in [0.1, 0.15) is 0 Å². The molecule has 0 aromatic carbocycles. The third-order valence-electron chi connectivity index (χ3n) is 6.14. The highest BCUT2D eigenvalue weighted by Gasteiger charge is 2.41. The molecular formula is C18H36N2O. The molecule has 2 fully saturated rings. The van der Waals surface area contributed by atoms with Gasteiger partial charge in [-0.1, -0.05) is 27.2 Å². The van der Waals surface area contributed by atoms with Gasteiger partial charge >= 0.3 is 0 Å². The Morgan fingerprint density at radius 3 is 2.52 bits per heavy atom. The Labute approximate surface area is 131 Å². The van der Waals surface area contributed by atoms with E-state index in [1.54, 1.807) is 0 Å². The Bertz CT molecular complexity index is 300. The molecule has 1 heterocycles. The van der Waals surface area contributed by atoms with Crippen molar-refractivity contribution in [1.29, 1.82) is 0 Å². The van der Waals surface area contributed by atoms with E-state index < -0.39 is 0 Å². The molecule has 2 rings (SSSR count). The highest BCUT2D eigenvalue weighted by molar-refractivity contribution is 4.99. The van der Waals surface area contributed by atoms with Crippen molar-refractivity contribution in [3.05, 3.63) is 0 Å². The smallest absolute Gasteiger partial charge is 0.0616 e. The molecule has 21 heavy (non-hydrogen) atoms. The summed E-state index contributed by atoms with van der Waals surface area (Å²) in [6.45, 7) is 11.9. The summed E-state index contributed by atoms with van der Waals surface area (Å²) in [5.41, 5.74) is 0.0189. The third kappa shape index (κ3) is 4.20. The van der Waals surface area contributed by atoms with Gasteiger partial charge in [-0.2, -0.15) is 0 Å². The van der Waals surface area contributed by atoms with Gasteiger partial charge in [0.05, 0.1) is 6.61 Å². The first-order valence-electron chi connectivity index (χ1n) is 9.19. The molecule has 0 spiro atoms. The van der Waals surface area contributed by atoms with Crippen molar-refractivity contribution in [1.82, 2.24) is 10.2 Å².